The molecule has 0 bridgehead atoms. The normalized spacial score (nSPS) is 12.3. The van der Waals surface area contributed by atoms with Crippen molar-refractivity contribution in [1.82, 2.24) is 5.32 Å². The summed E-state index contributed by atoms with van der Waals surface area (Å²) in [4.78, 5) is 0. The molecular formula is C17H19BrFN. The fourth-order valence-electron chi connectivity index (χ4n) is 2.30. The number of halogens is 2. The zero-order valence-electron chi connectivity index (χ0n) is 11.6. The molecule has 1 unspecified atom stereocenters. The van der Waals surface area contributed by atoms with E-state index in [4.69, 9.17) is 0 Å². The van der Waals surface area contributed by atoms with Gasteiger partial charge in [-0.2, -0.15) is 0 Å². The van der Waals surface area contributed by atoms with E-state index in [1.807, 2.05) is 19.2 Å². The summed E-state index contributed by atoms with van der Waals surface area (Å²) < 4.78 is 14.7. The van der Waals surface area contributed by atoms with E-state index >= 15 is 0 Å². The summed E-state index contributed by atoms with van der Waals surface area (Å²) in [6.07, 6.45) is 2.70. The van der Waals surface area contributed by atoms with Gasteiger partial charge in [-0.3, -0.25) is 0 Å². The van der Waals surface area contributed by atoms with Crippen LogP contribution >= 0.6 is 15.9 Å². The molecule has 0 aliphatic carbocycles. The predicted octanol–water partition coefficient (Wildman–Crippen LogP) is 4.35. The van der Waals surface area contributed by atoms with Crippen molar-refractivity contribution in [2.24, 2.45) is 0 Å². The Bertz CT molecular complexity index is 542. The average molecular weight is 336 g/mol. The molecule has 1 atom stereocenters. The second kappa shape index (κ2) is 7.55. The van der Waals surface area contributed by atoms with Crippen LogP contribution in [0.2, 0.25) is 0 Å². The maximum Gasteiger partial charge on any atom is 0.126 e. The second-order valence-electron chi connectivity index (χ2n) is 4.95. The fourth-order valence-corrected chi connectivity index (χ4v) is 2.71. The standard InChI is InChI=1S/C17H19BrFN/c1-20-16(9-7-13-5-3-2-4-6-13)12-14-11-15(18)8-10-17(14)19/h2-6,8,10-11,16,20H,7,9,12H2,1H3. The summed E-state index contributed by atoms with van der Waals surface area (Å²) >= 11 is 3.40. The van der Waals surface area contributed by atoms with Gasteiger partial charge < -0.3 is 5.32 Å². The Morgan fingerprint density at radius 2 is 1.90 bits per heavy atom. The third kappa shape index (κ3) is 4.43. The van der Waals surface area contributed by atoms with Crippen LogP contribution in [0.15, 0.2) is 53.0 Å². The van der Waals surface area contributed by atoms with Crippen LogP contribution in [0.1, 0.15) is 17.5 Å². The van der Waals surface area contributed by atoms with Gasteiger partial charge in [0, 0.05) is 10.5 Å². The minimum atomic E-state index is -0.131. The van der Waals surface area contributed by atoms with Crippen molar-refractivity contribution in [3.63, 3.8) is 0 Å². The van der Waals surface area contributed by atoms with Crippen LogP contribution in [0.4, 0.5) is 4.39 Å². The quantitative estimate of drug-likeness (QED) is 0.827. The lowest BCUT2D eigenvalue weighted by Crippen LogP contribution is -2.28. The van der Waals surface area contributed by atoms with Crippen LogP contribution in [0.5, 0.6) is 0 Å². The summed E-state index contributed by atoms with van der Waals surface area (Å²) in [6, 6.07) is 15.8. The number of likely N-dealkylation sites (N-methyl/N-ethyl adjacent to an activating group) is 1. The molecular weight excluding hydrogens is 317 g/mol. The summed E-state index contributed by atoms with van der Waals surface area (Å²) in [5, 5.41) is 3.29. The third-order valence-electron chi connectivity index (χ3n) is 3.51. The predicted molar refractivity (Wildman–Crippen MR) is 85.4 cm³/mol. The molecule has 0 spiro atoms. The smallest absolute Gasteiger partial charge is 0.126 e. The van der Waals surface area contributed by atoms with Crippen molar-refractivity contribution >= 4 is 15.9 Å². The first-order valence-electron chi connectivity index (χ1n) is 6.84. The first-order chi connectivity index (χ1) is 9.69. The topological polar surface area (TPSA) is 12.0 Å². The molecule has 0 saturated carbocycles. The second-order valence-corrected chi connectivity index (χ2v) is 5.87. The van der Waals surface area contributed by atoms with E-state index in [1.54, 1.807) is 6.07 Å². The highest BCUT2D eigenvalue weighted by molar-refractivity contribution is 9.10. The lowest BCUT2D eigenvalue weighted by Gasteiger charge is -2.17. The van der Waals surface area contributed by atoms with Gasteiger partial charge in [0.25, 0.3) is 0 Å². The Morgan fingerprint density at radius 1 is 1.15 bits per heavy atom. The molecule has 2 aromatic rings. The molecule has 0 heterocycles. The molecule has 2 aromatic carbocycles. The van der Waals surface area contributed by atoms with Gasteiger partial charge in [0.15, 0.2) is 0 Å². The lowest BCUT2D eigenvalue weighted by atomic mass is 9.99. The maximum absolute atomic E-state index is 13.8. The molecule has 0 amide bonds. The molecule has 0 aliphatic rings. The summed E-state index contributed by atoms with van der Waals surface area (Å²) in [5.74, 6) is -0.131. The molecule has 0 radical (unpaired) electrons. The third-order valence-corrected chi connectivity index (χ3v) is 4.00. The summed E-state index contributed by atoms with van der Waals surface area (Å²) in [6.45, 7) is 0. The first kappa shape index (κ1) is 15.2. The zero-order valence-corrected chi connectivity index (χ0v) is 13.2. The molecule has 0 aliphatic heterocycles. The van der Waals surface area contributed by atoms with Crippen LogP contribution in [-0.4, -0.2) is 13.1 Å². The molecule has 0 saturated heterocycles. The van der Waals surface area contributed by atoms with Crippen LogP contribution < -0.4 is 5.32 Å². The molecule has 20 heavy (non-hydrogen) atoms. The van der Waals surface area contributed by atoms with E-state index in [0.717, 1.165) is 22.9 Å². The molecule has 0 aromatic heterocycles. The minimum absolute atomic E-state index is 0.131. The number of benzene rings is 2. The highest BCUT2D eigenvalue weighted by Crippen LogP contribution is 2.18. The Balaban J connectivity index is 1.97. The van der Waals surface area contributed by atoms with Crippen LogP contribution in [0, 0.1) is 5.82 Å². The lowest BCUT2D eigenvalue weighted by molar-refractivity contribution is 0.504. The Labute approximate surface area is 128 Å². The Morgan fingerprint density at radius 3 is 2.60 bits per heavy atom. The SMILES string of the molecule is CNC(CCc1ccccc1)Cc1cc(Br)ccc1F. The molecule has 106 valence electrons. The van der Waals surface area contributed by atoms with E-state index < -0.39 is 0 Å². The van der Waals surface area contributed by atoms with Crippen molar-refractivity contribution in [2.75, 3.05) is 7.05 Å². The average Bonchev–Trinajstić information content (AvgIpc) is 2.48. The van der Waals surface area contributed by atoms with Crippen molar-refractivity contribution in [3.05, 3.63) is 69.9 Å². The fraction of sp³-hybridized carbons (Fsp3) is 0.294. The monoisotopic (exact) mass is 335 g/mol. The summed E-state index contributed by atoms with van der Waals surface area (Å²) in [5.41, 5.74) is 2.08. The maximum atomic E-state index is 13.8. The van der Waals surface area contributed by atoms with Crippen LogP contribution in [-0.2, 0) is 12.8 Å². The van der Waals surface area contributed by atoms with Crippen LogP contribution in [0.25, 0.3) is 0 Å². The number of hydrogen-bond acceptors (Lipinski definition) is 1. The van der Waals surface area contributed by atoms with Gasteiger partial charge in [-0.1, -0.05) is 46.3 Å². The molecule has 3 heteroatoms. The van der Waals surface area contributed by atoms with Gasteiger partial charge in [-0.15, -0.1) is 0 Å². The van der Waals surface area contributed by atoms with Gasteiger partial charge in [-0.05, 0) is 55.6 Å². The van der Waals surface area contributed by atoms with E-state index in [2.05, 4.69) is 45.5 Å². The number of rotatable bonds is 6. The van der Waals surface area contributed by atoms with Gasteiger partial charge in [0.2, 0.25) is 0 Å². The number of nitrogens with one attached hydrogen (secondary N) is 1. The van der Waals surface area contributed by atoms with Gasteiger partial charge in [0.05, 0.1) is 0 Å². The Kier molecular flexibility index (Phi) is 5.74. The Hall–Kier alpha value is -1.19. The van der Waals surface area contributed by atoms with Gasteiger partial charge >= 0.3 is 0 Å². The molecule has 2 rings (SSSR count). The first-order valence-corrected chi connectivity index (χ1v) is 7.63. The molecule has 0 fully saturated rings. The zero-order chi connectivity index (χ0) is 14.4. The van der Waals surface area contributed by atoms with E-state index in [-0.39, 0.29) is 11.9 Å². The van der Waals surface area contributed by atoms with Gasteiger partial charge in [0.1, 0.15) is 5.82 Å². The van der Waals surface area contributed by atoms with Crippen molar-refractivity contribution < 1.29 is 4.39 Å². The highest BCUT2D eigenvalue weighted by Gasteiger charge is 2.11. The van der Waals surface area contributed by atoms with Crippen LogP contribution in [0.3, 0.4) is 0 Å². The van der Waals surface area contributed by atoms with Crippen molar-refractivity contribution in [1.29, 1.82) is 0 Å². The van der Waals surface area contributed by atoms with Crippen molar-refractivity contribution in [2.45, 2.75) is 25.3 Å². The summed E-state index contributed by atoms with van der Waals surface area (Å²) in [7, 11) is 1.94. The van der Waals surface area contributed by atoms with Gasteiger partial charge in [-0.25, -0.2) is 4.39 Å². The highest BCUT2D eigenvalue weighted by atomic mass is 79.9. The number of hydrogen-bond donors (Lipinski definition) is 1. The molecule has 1 N–H and O–H groups in total. The largest absolute Gasteiger partial charge is 0.317 e. The van der Waals surface area contributed by atoms with Crippen molar-refractivity contribution in [3.8, 4) is 0 Å². The molecule has 1 nitrogen and oxygen atoms in total. The van der Waals surface area contributed by atoms with E-state index in [0.29, 0.717) is 6.42 Å². The number of aryl methyl sites for hydroxylation is 1. The van der Waals surface area contributed by atoms with E-state index in [9.17, 15) is 4.39 Å². The minimum Gasteiger partial charge on any atom is -0.317 e. The van der Waals surface area contributed by atoms with E-state index in [1.165, 1.54) is 11.6 Å².